The number of halogens is 2. The van der Waals surface area contributed by atoms with Crippen molar-refractivity contribution in [1.82, 2.24) is 0 Å². The first-order valence-electron chi connectivity index (χ1n) is 3.67. The number of thioether (sulfide) groups is 1. The Labute approximate surface area is 80.1 Å². The molecule has 0 bridgehead atoms. The van der Waals surface area contributed by atoms with Gasteiger partial charge in [-0.1, -0.05) is 23.9 Å². The second kappa shape index (κ2) is 3.96. The fourth-order valence-corrected chi connectivity index (χ4v) is 1.28. The summed E-state index contributed by atoms with van der Waals surface area (Å²) in [6, 6.07) is 5.92. The standard InChI is InChI=1S/C9H10F2OS/c1-12-8-5-3-4-7(6-8)9(10,11)13-2/h3-6H,1-2H3. The van der Waals surface area contributed by atoms with Crippen molar-refractivity contribution in [3.05, 3.63) is 29.8 Å². The first-order chi connectivity index (χ1) is 6.10. The topological polar surface area (TPSA) is 9.23 Å². The Kier molecular flexibility index (Phi) is 3.14. The Morgan fingerprint density at radius 2 is 2.08 bits per heavy atom. The van der Waals surface area contributed by atoms with E-state index in [0.717, 1.165) is 0 Å². The molecule has 0 unspecified atom stereocenters. The minimum absolute atomic E-state index is 0.0284. The average Bonchev–Trinajstić information content (AvgIpc) is 2.18. The van der Waals surface area contributed by atoms with Gasteiger partial charge in [0.2, 0.25) is 0 Å². The second-order valence-corrected chi connectivity index (χ2v) is 3.37. The Hall–Kier alpha value is -0.770. The highest BCUT2D eigenvalue weighted by molar-refractivity contribution is 7.99. The predicted octanol–water partition coefficient (Wildman–Crippen LogP) is 3.11. The van der Waals surface area contributed by atoms with Crippen LogP contribution >= 0.6 is 11.8 Å². The van der Waals surface area contributed by atoms with Crippen molar-refractivity contribution in [1.29, 1.82) is 0 Å². The molecular formula is C9H10F2OS. The van der Waals surface area contributed by atoms with Gasteiger partial charge in [-0.3, -0.25) is 0 Å². The molecule has 0 amide bonds. The van der Waals surface area contributed by atoms with Gasteiger partial charge in [-0.2, -0.15) is 8.78 Å². The third-order valence-corrected chi connectivity index (χ3v) is 2.41. The number of ether oxygens (including phenoxy) is 1. The third kappa shape index (κ3) is 2.34. The first-order valence-corrected chi connectivity index (χ1v) is 4.90. The zero-order valence-corrected chi connectivity index (χ0v) is 8.20. The molecule has 4 heteroatoms. The predicted molar refractivity (Wildman–Crippen MR) is 50.4 cm³/mol. The lowest BCUT2D eigenvalue weighted by atomic mass is 10.2. The minimum atomic E-state index is -2.84. The summed E-state index contributed by atoms with van der Waals surface area (Å²) in [5.74, 6) is 0.450. The average molecular weight is 204 g/mol. The number of alkyl halides is 2. The van der Waals surface area contributed by atoms with Crippen LogP contribution in [0.5, 0.6) is 5.75 Å². The van der Waals surface area contributed by atoms with E-state index < -0.39 is 5.25 Å². The van der Waals surface area contributed by atoms with Gasteiger partial charge in [-0.25, -0.2) is 0 Å². The van der Waals surface area contributed by atoms with E-state index >= 15 is 0 Å². The minimum Gasteiger partial charge on any atom is -0.497 e. The molecule has 0 saturated carbocycles. The van der Waals surface area contributed by atoms with Gasteiger partial charge in [-0.05, 0) is 18.4 Å². The van der Waals surface area contributed by atoms with Crippen LogP contribution in [0.4, 0.5) is 8.78 Å². The monoisotopic (exact) mass is 204 g/mol. The highest BCUT2D eigenvalue weighted by atomic mass is 32.2. The van der Waals surface area contributed by atoms with Crippen LogP contribution in [0.2, 0.25) is 0 Å². The quantitative estimate of drug-likeness (QED) is 0.748. The number of benzene rings is 1. The molecule has 0 aliphatic carbocycles. The van der Waals surface area contributed by atoms with Crippen LogP contribution in [0.15, 0.2) is 24.3 Å². The van der Waals surface area contributed by atoms with Gasteiger partial charge in [0.05, 0.1) is 7.11 Å². The van der Waals surface area contributed by atoms with Gasteiger partial charge in [0.1, 0.15) is 5.75 Å². The van der Waals surface area contributed by atoms with Crippen LogP contribution in [0.3, 0.4) is 0 Å². The lowest BCUT2D eigenvalue weighted by Gasteiger charge is -2.13. The largest absolute Gasteiger partial charge is 0.497 e. The number of hydrogen-bond acceptors (Lipinski definition) is 2. The van der Waals surface area contributed by atoms with Crippen LogP contribution in [-0.2, 0) is 5.25 Å². The normalized spacial score (nSPS) is 11.4. The molecule has 0 heterocycles. The molecule has 1 rings (SSSR count). The Balaban J connectivity index is 3.01. The number of hydrogen-bond donors (Lipinski definition) is 0. The summed E-state index contributed by atoms with van der Waals surface area (Å²) in [4.78, 5) is 0. The molecule has 0 radical (unpaired) electrons. The summed E-state index contributed by atoms with van der Waals surface area (Å²) in [5, 5.41) is -2.84. The molecule has 72 valence electrons. The van der Waals surface area contributed by atoms with Crippen molar-refractivity contribution in [3.8, 4) is 5.75 Å². The van der Waals surface area contributed by atoms with Crippen LogP contribution in [-0.4, -0.2) is 13.4 Å². The van der Waals surface area contributed by atoms with Gasteiger partial charge in [0.15, 0.2) is 0 Å². The molecule has 0 aliphatic rings. The van der Waals surface area contributed by atoms with Gasteiger partial charge >= 0.3 is 5.25 Å². The number of methoxy groups -OCH3 is 1. The van der Waals surface area contributed by atoms with E-state index in [1.165, 1.54) is 25.5 Å². The van der Waals surface area contributed by atoms with Gasteiger partial charge < -0.3 is 4.74 Å². The van der Waals surface area contributed by atoms with Crippen LogP contribution in [0.1, 0.15) is 5.56 Å². The van der Waals surface area contributed by atoms with E-state index in [1.54, 1.807) is 12.1 Å². The summed E-state index contributed by atoms with van der Waals surface area (Å²) < 4.78 is 31.1. The molecule has 0 spiro atoms. The zero-order chi connectivity index (χ0) is 9.90. The van der Waals surface area contributed by atoms with Gasteiger partial charge in [0, 0.05) is 5.56 Å². The van der Waals surface area contributed by atoms with Gasteiger partial charge in [0.25, 0.3) is 0 Å². The second-order valence-electron chi connectivity index (χ2n) is 2.45. The van der Waals surface area contributed by atoms with Crippen molar-refractivity contribution < 1.29 is 13.5 Å². The summed E-state index contributed by atoms with van der Waals surface area (Å²) in [7, 11) is 1.45. The molecular weight excluding hydrogens is 194 g/mol. The van der Waals surface area contributed by atoms with E-state index in [-0.39, 0.29) is 5.56 Å². The van der Waals surface area contributed by atoms with E-state index in [0.29, 0.717) is 17.5 Å². The lowest BCUT2D eigenvalue weighted by Crippen LogP contribution is -2.06. The SMILES string of the molecule is COc1cccc(C(F)(F)SC)c1. The molecule has 0 saturated heterocycles. The Morgan fingerprint density at radius 3 is 2.62 bits per heavy atom. The molecule has 1 nitrogen and oxygen atoms in total. The van der Waals surface area contributed by atoms with Crippen molar-refractivity contribution in [3.63, 3.8) is 0 Å². The fraction of sp³-hybridized carbons (Fsp3) is 0.333. The molecule has 0 aromatic heterocycles. The number of rotatable bonds is 3. The molecule has 0 atom stereocenters. The molecule has 0 fully saturated rings. The van der Waals surface area contributed by atoms with Crippen LogP contribution < -0.4 is 4.74 Å². The Bertz CT molecular complexity index is 289. The fourth-order valence-electron chi connectivity index (χ4n) is 0.922. The van der Waals surface area contributed by atoms with Crippen molar-refractivity contribution in [2.75, 3.05) is 13.4 Å². The van der Waals surface area contributed by atoms with E-state index in [4.69, 9.17) is 4.74 Å². The molecule has 1 aromatic rings. The van der Waals surface area contributed by atoms with E-state index in [1.807, 2.05) is 0 Å². The smallest absolute Gasteiger partial charge is 0.319 e. The van der Waals surface area contributed by atoms with E-state index in [2.05, 4.69) is 0 Å². The third-order valence-electron chi connectivity index (χ3n) is 1.66. The summed E-state index contributed by atoms with van der Waals surface area (Å²) in [5.41, 5.74) is -0.0284. The highest BCUT2D eigenvalue weighted by Gasteiger charge is 2.30. The Morgan fingerprint density at radius 1 is 1.38 bits per heavy atom. The maximum absolute atomic E-state index is 13.1. The highest BCUT2D eigenvalue weighted by Crippen LogP contribution is 2.38. The summed E-state index contributed by atoms with van der Waals surface area (Å²) in [6.07, 6.45) is 1.37. The summed E-state index contributed by atoms with van der Waals surface area (Å²) in [6.45, 7) is 0. The van der Waals surface area contributed by atoms with Gasteiger partial charge in [-0.15, -0.1) is 0 Å². The molecule has 1 aromatic carbocycles. The summed E-state index contributed by atoms with van der Waals surface area (Å²) >= 11 is 0.510. The maximum atomic E-state index is 13.1. The van der Waals surface area contributed by atoms with Crippen molar-refractivity contribution in [2.45, 2.75) is 5.25 Å². The zero-order valence-electron chi connectivity index (χ0n) is 7.38. The van der Waals surface area contributed by atoms with Crippen molar-refractivity contribution >= 4 is 11.8 Å². The maximum Gasteiger partial charge on any atom is 0.319 e. The first kappa shape index (κ1) is 10.3. The lowest BCUT2D eigenvalue weighted by molar-refractivity contribution is 0.105. The molecule has 0 aliphatic heterocycles. The van der Waals surface area contributed by atoms with Crippen LogP contribution in [0.25, 0.3) is 0 Å². The molecule has 0 N–H and O–H groups in total. The van der Waals surface area contributed by atoms with Crippen molar-refractivity contribution in [2.24, 2.45) is 0 Å². The molecule has 13 heavy (non-hydrogen) atoms. The van der Waals surface area contributed by atoms with Crippen LogP contribution in [0, 0.1) is 0 Å². The van der Waals surface area contributed by atoms with E-state index in [9.17, 15) is 8.78 Å².